The molecule has 20 heavy (non-hydrogen) atoms. The Hall–Kier alpha value is -0.320. The Kier molecular flexibility index (Phi) is 5.32. The number of aliphatic hydroxyl groups is 6. The second-order valence-corrected chi connectivity index (χ2v) is 5.56. The molecule has 0 bridgehead atoms. The lowest BCUT2D eigenvalue weighted by Gasteiger charge is -2.38. The van der Waals surface area contributed by atoms with E-state index in [0.717, 1.165) is 25.9 Å². The first kappa shape index (κ1) is 16.1. The van der Waals surface area contributed by atoms with E-state index >= 15 is 0 Å². The SMILES string of the molecule is OC[C@@H](O)[C@@H](O)[C@H](O)C1C(O)C(O)CN1N1CCCC1. The highest BCUT2D eigenvalue weighted by Gasteiger charge is 2.49. The Bertz CT molecular complexity index is 314. The van der Waals surface area contributed by atoms with E-state index in [0.29, 0.717) is 0 Å². The monoisotopic (exact) mass is 292 g/mol. The van der Waals surface area contributed by atoms with Crippen molar-refractivity contribution in [2.75, 3.05) is 26.2 Å². The molecule has 0 aliphatic carbocycles. The van der Waals surface area contributed by atoms with Crippen molar-refractivity contribution in [1.29, 1.82) is 0 Å². The van der Waals surface area contributed by atoms with Gasteiger partial charge < -0.3 is 30.6 Å². The molecule has 6 N–H and O–H groups in total. The number of rotatable bonds is 5. The summed E-state index contributed by atoms with van der Waals surface area (Å²) in [5.41, 5.74) is 0. The van der Waals surface area contributed by atoms with Crippen LogP contribution in [0.3, 0.4) is 0 Å². The molecule has 2 saturated heterocycles. The third-order valence-electron chi connectivity index (χ3n) is 4.19. The zero-order valence-electron chi connectivity index (χ0n) is 11.3. The Labute approximate surface area is 117 Å². The summed E-state index contributed by atoms with van der Waals surface area (Å²) in [6.45, 7) is 1.01. The lowest BCUT2D eigenvalue weighted by molar-refractivity contribution is -0.143. The molecule has 0 aromatic rings. The van der Waals surface area contributed by atoms with Gasteiger partial charge in [0, 0.05) is 19.6 Å². The van der Waals surface area contributed by atoms with Gasteiger partial charge in [-0.25, -0.2) is 10.0 Å². The van der Waals surface area contributed by atoms with Crippen LogP contribution in [0.5, 0.6) is 0 Å². The largest absolute Gasteiger partial charge is 0.394 e. The van der Waals surface area contributed by atoms with E-state index in [1.165, 1.54) is 0 Å². The second kappa shape index (κ2) is 6.63. The van der Waals surface area contributed by atoms with Crippen LogP contribution in [0.4, 0.5) is 0 Å². The lowest BCUT2D eigenvalue weighted by atomic mass is 9.97. The standard InChI is InChI=1S/C12H24N2O6/c15-6-8(17)11(19)12(20)9-10(18)7(16)5-14(9)13-3-1-2-4-13/h7-12,15-20H,1-6H2/t7?,8-,9?,10?,11-,12-/m1/s1. The number of hydrazine groups is 1. The molecule has 2 fully saturated rings. The van der Waals surface area contributed by atoms with E-state index in [2.05, 4.69) is 0 Å². The van der Waals surface area contributed by atoms with Gasteiger partial charge in [-0.1, -0.05) is 0 Å². The normalized spacial score (nSPS) is 37.2. The van der Waals surface area contributed by atoms with Crippen LogP contribution in [0.15, 0.2) is 0 Å². The average molecular weight is 292 g/mol. The van der Waals surface area contributed by atoms with Gasteiger partial charge in [0.25, 0.3) is 0 Å². The van der Waals surface area contributed by atoms with Gasteiger partial charge in [0.2, 0.25) is 0 Å². The van der Waals surface area contributed by atoms with Crippen LogP contribution in [-0.2, 0) is 0 Å². The molecule has 0 spiro atoms. The molecule has 2 rings (SSSR count). The Morgan fingerprint density at radius 1 is 1.05 bits per heavy atom. The van der Waals surface area contributed by atoms with Crippen LogP contribution >= 0.6 is 0 Å². The minimum Gasteiger partial charge on any atom is -0.394 e. The number of β-amino-alcohol motifs (C(OH)–C–C–N with tert-alkyl or cyclic N) is 1. The molecular weight excluding hydrogens is 268 g/mol. The molecule has 0 aromatic heterocycles. The van der Waals surface area contributed by atoms with Gasteiger partial charge in [0.15, 0.2) is 0 Å². The smallest absolute Gasteiger partial charge is 0.110 e. The van der Waals surface area contributed by atoms with E-state index in [1.807, 2.05) is 5.01 Å². The van der Waals surface area contributed by atoms with Crippen LogP contribution in [0.25, 0.3) is 0 Å². The maximum atomic E-state index is 10.2. The van der Waals surface area contributed by atoms with Gasteiger partial charge in [0.05, 0.1) is 18.8 Å². The second-order valence-electron chi connectivity index (χ2n) is 5.56. The van der Waals surface area contributed by atoms with E-state index in [4.69, 9.17) is 5.11 Å². The number of hydrogen-bond acceptors (Lipinski definition) is 8. The summed E-state index contributed by atoms with van der Waals surface area (Å²) in [4.78, 5) is 0. The number of hydrogen-bond donors (Lipinski definition) is 6. The topological polar surface area (TPSA) is 128 Å². The minimum absolute atomic E-state index is 0.171. The fraction of sp³-hybridized carbons (Fsp3) is 1.00. The first-order valence-electron chi connectivity index (χ1n) is 7.00. The number of aliphatic hydroxyl groups excluding tert-OH is 6. The fourth-order valence-corrected chi connectivity index (χ4v) is 3.00. The van der Waals surface area contributed by atoms with Gasteiger partial charge in [-0.2, -0.15) is 0 Å². The molecule has 2 aliphatic heterocycles. The maximum absolute atomic E-state index is 10.2. The Morgan fingerprint density at radius 3 is 2.20 bits per heavy atom. The highest BCUT2D eigenvalue weighted by Crippen LogP contribution is 2.27. The zero-order chi connectivity index (χ0) is 14.9. The highest BCUT2D eigenvalue weighted by atomic mass is 16.4. The fourth-order valence-electron chi connectivity index (χ4n) is 3.00. The van der Waals surface area contributed by atoms with Gasteiger partial charge in [-0.3, -0.25) is 0 Å². The molecule has 2 aliphatic rings. The average Bonchev–Trinajstić information content (AvgIpc) is 3.06. The van der Waals surface area contributed by atoms with Crippen molar-refractivity contribution in [2.24, 2.45) is 0 Å². The summed E-state index contributed by atoms with van der Waals surface area (Å²) in [5.74, 6) is 0. The predicted molar refractivity (Wildman–Crippen MR) is 68.4 cm³/mol. The van der Waals surface area contributed by atoms with E-state index in [-0.39, 0.29) is 6.54 Å². The lowest BCUT2D eigenvalue weighted by Crippen LogP contribution is -2.57. The van der Waals surface area contributed by atoms with Gasteiger partial charge in [-0.15, -0.1) is 0 Å². The summed E-state index contributed by atoms with van der Waals surface area (Å²) in [6, 6.07) is -0.903. The van der Waals surface area contributed by atoms with Gasteiger partial charge >= 0.3 is 0 Å². The summed E-state index contributed by atoms with van der Waals surface area (Å²) in [5, 5.41) is 61.7. The molecular formula is C12H24N2O6. The summed E-state index contributed by atoms with van der Waals surface area (Å²) in [6.07, 6.45) is -4.80. The third-order valence-corrected chi connectivity index (χ3v) is 4.19. The summed E-state index contributed by atoms with van der Waals surface area (Å²) < 4.78 is 0. The van der Waals surface area contributed by atoms with Crippen LogP contribution in [0.1, 0.15) is 12.8 Å². The molecule has 3 unspecified atom stereocenters. The molecule has 0 saturated carbocycles. The van der Waals surface area contributed by atoms with Crippen molar-refractivity contribution in [2.45, 2.75) is 49.4 Å². The number of nitrogens with zero attached hydrogens (tertiary/aromatic N) is 2. The van der Waals surface area contributed by atoms with Gasteiger partial charge in [0.1, 0.15) is 24.4 Å². The molecule has 8 nitrogen and oxygen atoms in total. The van der Waals surface area contributed by atoms with Crippen molar-refractivity contribution in [3.63, 3.8) is 0 Å². The predicted octanol–water partition coefficient (Wildman–Crippen LogP) is -3.52. The third kappa shape index (κ3) is 2.97. The van der Waals surface area contributed by atoms with Crippen molar-refractivity contribution >= 4 is 0 Å². The molecule has 2 heterocycles. The van der Waals surface area contributed by atoms with E-state index in [9.17, 15) is 25.5 Å². The quantitative estimate of drug-likeness (QED) is 0.308. The molecule has 6 atom stereocenters. The molecule has 0 radical (unpaired) electrons. The molecule has 0 amide bonds. The van der Waals surface area contributed by atoms with Crippen LogP contribution in [0, 0.1) is 0 Å². The van der Waals surface area contributed by atoms with Crippen molar-refractivity contribution < 1.29 is 30.6 Å². The van der Waals surface area contributed by atoms with Crippen molar-refractivity contribution in [1.82, 2.24) is 10.0 Å². The summed E-state index contributed by atoms with van der Waals surface area (Å²) >= 11 is 0. The van der Waals surface area contributed by atoms with Crippen LogP contribution in [-0.4, -0.2) is 103 Å². The Balaban J connectivity index is 2.11. The van der Waals surface area contributed by atoms with Gasteiger partial charge in [-0.05, 0) is 12.8 Å². The minimum atomic E-state index is -1.59. The molecule has 0 aromatic carbocycles. The van der Waals surface area contributed by atoms with E-state index in [1.54, 1.807) is 5.01 Å². The first-order chi connectivity index (χ1) is 9.47. The Morgan fingerprint density at radius 2 is 1.65 bits per heavy atom. The van der Waals surface area contributed by atoms with E-state index < -0.39 is 43.2 Å². The zero-order valence-corrected chi connectivity index (χ0v) is 11.3. The van der Waals surface area contributed by atoms with Crippen molar-refractivity contribution in [3.8, 4) is 0 Å². The molecule has 118 valence electrons. The molecule has 8 heteroatoms. The summed E-state index contributed by atoms with van der Waals surface area (Å²) in [7, 11) is 0. The maximum Gasteiger partial charge on any atom is 0.110 e. The highest BCUT2D eigenvalue weighted by molar-refractivity contribution is 4.99. The van der Waals surface area contributed by atoms with Crippen LogP contribution in [0.2, 0.25) is 0 Å². The van der Waals surface area contributed by atoms with Crippen molar-refractivity contribution in [3.05, 3.63) is 0 Å². The van der Waals surface area contributed by atoms with Crippen LogP contribution < -0.4 is 0 Å². The first-order valence-corrected chi connectivity index (χ1v) is 7.00.